The van der Waals surface area contributed by atoms with Crippen LogP contribution in [0.5, 0.6) is 0 Å². The molecular weight excluding hydrogens is 252 g/mol. The highest BCUT2D eigenvalue weighted by atomic mass is 32.2. The number of hydrogen-bond donors (Lipinski definition) is 1. The lowest BCUT2D eigenvalue weighted by Crippen LogP contribution is -2.42. The second kappa shape index (κ2) is 5.52. The predicted octanol–water partition coefficient (Wildman–Crippen LogP) is 1.90. The number of aryl methyl sites for hydroxylation is 1. The lowest BCUT2D eigenvalue weighted by Gasteiger charge is -2.19. The van der Waals surface area contributed by atoms with Gasteiger partial charge in [0.15, 0.2) is 14.6 Å². The van der Waals surface area contributed by atoms with Crippen LogP contribution in [-0.4, -0.2) is 30.0 Å². The van der Waals surface area contributed by atoms with E-state index in [1.54, 1.807) is 0 Å². The number of hydrogen-bond acceptors (Lipinski definition) is 3. The van der Waals surface area contributed by atoms with E-state index in [1.165, 1.54) is 13.8 Å². The van der Waals surface area contributed by atoms with Crippen molar-refractivity contribution in [3.05, 3.63) is 35.9 Å². The number of rotatable bonds is 6. The van der Waals surface area contributed by atoms with Crippen LogP contribution in [0, 0.1) is 0 Å². The number of sulfone groups is 1. The molecule has 1 aromatic carbocycles. The second-order valence-corrected chi connectivity index (χ2v) is 7.38. The average Bonchev–Trinajstić information content (AvgIpc) is 2.29. The maximum Gasteiger partial charge on any atom is 0.324 e. The molecule has 0 radical (unpaired) electrons. The summed E-state index contributed by atoms with van der Waals surface area (Å²) in [4.78, 5) is 10.9. The molecule has 0 amide bonds. The fourth-order valence-electron chi connectivity index (χ4n) is 1.50. The largest absolute Gasteiger partial charge is 0.480 e. The van der Waals surface area contributed by atoms with Gasteiger partial charge in [-0.1, -0.05) is 30.3 Å². The van der Waals surface area contributed by atoms with E-state index in [4.69, 9.17) is 5.11 Å². The minimum absolute atomic E-state index is 0.110. The van der Waals surface area contributed by atoms with Crippen molar-refractivity contribution in [1.29, 1.82) is 0 Å². The Balaban J connectivity index is 2.61. The zero-order valence-corrected chi connectivity index (χ0v) is 11.4. The normalized spacial score (nSPS) is 12.3. The summed E-state index contributed by atoms with van der Waals surface area (Å²) >= 11 is 0. The van der Waals surface area contributed by atoms with Gasteiger partial charge in [0.2, 0.25) is 0 Å². The van der Waals surface area contributed by atoms with E-state index in [0.29, 0.717) is 12.8 Å². The van der Waals surface area contributed by atoms with Gasteiger partial charge in [0, 0.05) is 0 Å². The van der Waals surface area contributed by atoms with Crippen molar-refractivity contribution in [3.63, 3.8) is 0 Å². The highest BCUT2D eigenvalue weighted by molar-refractivity contribution is 7.93. The molecule has 18 heavy (non-hydrogen) atoms. The Morgan fingerprint density at radius 2 is 1.78 bits per heavy atom. The molecular formula is C13H18O4S. The molecule has 0 heterocycles. The van der Waals surface area contributed by atoms with E-state index in [1.807, 2.05) is 30.3 Å². The molecule has 1 rings (SSSR count). The average molecular weight is 270 g/mol. The number of aliphatic carboxylic acids is 1. The van der Waals surface area contributed by atoms with Gasteiger partial charge in [0.1, 0.15) is 0 Å². The molecule has 0 saturated carbocycles. The zero-order chi connectivity index (χ0) is 13.8. The Bertz CT molecular complexity index is 503. The smallest absolute Gasteiger partial charge is 0.324 e. The second-order valence-electron chi connectivity index (χ2n) is 4.72. The van der Waals surface area contributed by atoms with Crippen LogP contribution < -0.4 is 0 Å². The van der Waals surface area contributed by atoms with Crippen molar-refractivity contribution in [3.8, 4) is 0 Å². The van der Waals surface area contributed by atoms with E-state index in [-0.39, 0.29) is 5.75 Å². The standard InChI is InChI=1S/C13H18O4S/c1-13(2,12(14)15)18(16,17)10-6-9-11-7-4-3-5-8-11/h3-5,7-8H,6,9-10H2,1-2H3,(H,14,15). The number of carboxylic acid groups (broad SMARTS) is 1. The third kappa shape index (κ3) is 3.32. The summed E-state index contributed by atoms with van der Waals surface area (Å²) in [7, 11) is -3.63. The highest BCUT2D eigenvalue weighted by Crippen LogP contribution is 2.19. The van der Waals surface area contributed by atoms with E-state index < -0.39 is 20.6 Å². The van der Waals surface area contributed by atoms with Crippen LogP contribution in [0.4, 0.5) is 0 Å². The van der Waals surface area contributed by atoms with E-state index >= 15 is 0 Å². The minimum Gasteiger partial charge on any atom is -0.480 e. The van der Waals surface area contributed by atoms with Crippen LogP contribution in [0.15, 0.2) is 30.3 Å². The maximum absolute atomic E-state index is 11.9. The van der Waals surface area contributed by atoms with Gasteiger partial charge in [0.25, 0.3) is 0 Å². The minimum atomic E-state index is -3.63. The summed E-state index contributed by atoms with van der Waals surface area (Å²) < 4.78 is 22.1. The molecule has 0 aliphatic carbocycles. The Morgan fingerprint density at radius 3 is 2.28 bits per heavy atom. The molecule has 5 heteroatoms. The van der Waals surface area contributed by atoms with Gasteiger partial charge in [-0.3, -0.25) is 4.79 Å². The van der Waals surface area contributed by atoms with Crippen molar-refractivity contribution in [1.82, 2.24) is 0 Å². The zero-order valence-electron chi connectivity index (χ0n) is 10.6. The number of carbonyl (C=O) groups is 1. The van der Waals surface area contributed by atoms with Crippen molar-refractivity contribution >= 4 is 15.8 Å². The molecule has 0 aliphatic rings. The Kier molecular flexibility index (Phi) is 4.51. The topological polar surface area (TPSA) is 71.4 Å². The summed E-state index contributed by atoms with van der Waals surface area (Å²) in [6.07, 6.45) is 1.07. The van der Waals surface area contributed by atoms with Gasteiger partial charge in [0.05, 0.1) is 5.75 Å². The van der Waals surface area contributed by atoms with Crippen molar-refractivity contribution in [2.75, 3.05) is 5.75 Å². The molecule has 1 N–H and O–H groups in total. The van der Waals surface area contributed by atoms with E-state index in [9.17, 15) is 13.2 Å². The van der Waals surface area contributed by atoms with Crippen LogP contribution in [0.25, 0.3) is 0 Å². The van der Waals surface area contributed by atoms with Gasteiger partial charge >= 0.3 is 5.97 Å². The number of benzene rings is 1. The molecule has 100 valence electrons. The predicted molar refractivity (Wildman–Crippen MR) is 70.3 cm³/mol. The summed E-state index contributed by atoms with van der Waals surface area (Å²) in [6, 6.07) is 9.54. The lowest BCUT2D eigenvalue weighted by atomic mass is 10.1. The molecule has 1 aromatic rings. The molecule has 0 aromatic heterocycles. The van der Waals surface area contributed by atoms with Crippen LogP contribution in [0.1, 0.15) is 25.8 Å². The third-order valence-corrected chi connectivity index (χ3v) is 5.57. The summed E-state index contributed by atoms with van der Waals surface area (Å²) in [6.45, 7) is 2.46. The van der Waals surface area contributed by atoms with Gasteiger partial charge < -0.3 is 5.11 Å². The fourth-order valence-corrected chi connectivity index (χ4v) is 2.80. The lowest BCUT2D eigenvalue weighted by molar-refractivity contribution is -0.139. The first-order chi connectivity index (χ1) is 8.27. The van der Waals surface area contributed by atoms with Crippen LogP contribution in [0.2, 0.25) is 0 Å². The van der Waals surface area contributed by atoms with Gasteiger partial charge in [-0.15, -0.1) is 0 Å². The highest BCUT2D eigenvalue weighted by Gasteiger charge is 2.41. The monoisotopic (exact) mass is 270 g/mol. The molecule has 0 spiro atoms. The van der Waals surface area contributed by atoms with E-state index in [0.717, 1.165) is 5.56 Å². The SMILES string of the molecule is CC(C)(C(=O)O)S(=O)(=O)CCCc1ccccc1. The van der Waals surface area contributed by atoms with Crippen molar-refractivity contribution < 1.29 is 18.3 Å². The molecule has 0 aliphatic heterocycles. The Hall–Kier alpha value is -1.36. The Labute approximate surface area is 108 Å². The Morgan fingerprint density at radius 1 is 1.22 bits per heavy atom. The summed E-state index contributed by atoms with van der Waals surface area (Å²) in [5.74, 6) is -1.41. The third-order valence-electron chi connectivity index (χ3n) is 3.01. The maximum atomic E-state index is 11.9. The summed E-state index contributed by atoms with van der Waals surface area (Å²) in [5.41, 5.74) is 1.06. The van der Waals surface area contributed by atoms with Crippen molar-refractivity contribution in [2.24, 2.45) is 0 Å². The van der Waals surface area contributed by atoms with Gasteiger partial charge in [-0.05, 0) is 32.3 Å². The summed E-state index contributed by atoms with van der Waals surface area (Å²) in [5, 5.41) is 8.91. The van der Waals surface area contributed by atoms with Gasteiger partial charge in [-0.25, -0.2) is 8.42 Å². The molecule has 0 bridgehead atoms. The van der Waals surface area contributed by atoms with Crippen LogP contribution in [0.3, 0.4) is 0 Å². The molecule has 0 unspecified atom stereocenters. The first-order valence-electron chi connectivity index (χ1n) is 5.77. The molecule has 4 nitrogen and oxygen atoms in total. The fraction of sp³-hybridized carbons (Fsp3) is 0.462. The van der Waals surface area contributed by atoms with Gasteiger partial charge in [-0.2, -0.15) is 0 Å². The molecule has 0 saturated heterocycles. The van der Waals surface area contributed by atoms with Crippen LogP contribution in [-0.2, 0) is 21.1 Å². The van der Waals surface area contributed by atoms with Crippen LogP contribution >= 0.6 is 0 Å². The quantitative estimate of drug-likeness (QED) is 0.857. The number of carboxylic acids is 1. The first kappa shape index (κ1) is 14.7. The van der Waals surface area contributed by atoms with Crippen molar-refractivity contribution in [2.45, 2.75) is 31.4 Å². The van der Waals surface area contributed by atoms with E-state index in [2.05, 4.69) is 0 Å². The molecule has 0 fully saturated rings. The first-order valence-corrected chi connectivity index (χ1v) is 7.42. The molecule has 0 atom stereocenters.